The minimum absolute atomic E-state index is 0.262. The summed E-state index contributed by atoms with van der Waals surface area (Å²) < 4.78 is 13.8. The van der Waals surface area contributed by atoms with Crippen molar-refractivity contribution in [2.24, 2.45) is 0 Å². The summed E-state index contributed by atoms with van der Waals surface area (Å²) in [5.41, 5.74) is 2.52. The normalized spacial score (nSPS) is 11.0. The topological polar surface area (TPSA) is 99.8 Å². The third-order valence-electron chi connectivity index (χ3n) is 4.90. The van der Waals surface area contributed by atoms with Crippen molar-refractivity contribution < 1.29 is 14.0 Å². The summed E-state index contributed by atoms with van der Waals surface area (Å²) in [7, 11) is 0. The molecule has 2 aromatic carbocycles. The lowest BCUT2D eigenvalue weighted by Gasteiger charge is -2.09. The van der Waals surface area contributed by atoms with Crippen LogP contribution in [-0.4, -0.2) is 27.0 Å². The molecule has 7 nitrogen and oxygen atoms in total. The van der Waals surface area contributed by atoms with E-state index < -0.39 is 6.67 Å². The number of fused-ring (bicyclic) bond motifs is 3. The zero-order chi connectivity index (χ0) is 22.1. The highest BCUT2D eigenvalue weighted by atomic mass is 32.1. The van der Waals surface area contributed by atoms with Gasteiger partial charge in [-0.1, -0.05) is 18.2 Å². The van der Waals surface area contributed by atoms with E-state index in [1.165, 1.54) is 17.4 Å². The molecule has 0 spiro atoms. The van der Waals surface area contributed by atoms with Gasteiger partial charge in [0.2, 0.25) is 0 Å². The minimum Gasteiger partial charge on any atom is -0.322 e. The Bertz CT molecular complexity index is 1480. The van der Waals surface area contributed by atoms with Crippen LogP contribution in [0.2, 0.25) is 0 Å². The molecule has 5 aromatic rings. The first-order valence-electron chi connectivity index (χ1n) is 9.70. The molecule has 0 fully saturated rings. The molecule has 0 bridgehead atoms. The highest BCUT2D eigenvalue weighted by molar-refractivity contribution is 7.21. The van der Waals surface area contributed by atoms with Crippen molar-refractivity contribution in [2.75, 3.05) is 10.6 Å². The Labute approximate surface area is 185 Å². The number of alkyl halides is 1. The number of H-pyrrole nitrogens is 1. The molecule has 0 aliphatic rings. The Morgan fingerprint density at radius 1 is 0.969 bits per heavy atom. The number of aromatic nitrogens is 3. The van der Waals surface area contributed by atoms with Gasteiger partial charge in [0, 0.05) is 33.2 Å². The van der Waals surface area contributed by atoms with Crippen LogP contribution in [0.1, 0.15) is 25.6 Å². The van der Waals surface area contributed by atoms with E-state index in [1.807, 2.05) is 0 Å². The number of rotatable bonds is 5. The molecule has 0 saturated carbocycles. The Balaban J connectivity index is 1.33. The van der Waals surface area contributed by atoms with E-state index in [9.17, 15) is 14.0 Å². The first-order chi connectivity index (χ1) is 15.6. The highest BCUT2D eigenvalue weighted by Crippen LogP contribution is 2.31. The minimum atomic E-state index is -0.636. The predicted octanol–water partition coefficient (Wildman–Crippen LogP) is 5.15. The molecule has 5 rings (SSSR count). The summed E-state index contributed by atoms with van der Waals surface area (Å²) >= 11 is 1.36. The number of nitrogens with zero attached hydrogens (tertiary/aromatic N) is 2. The average molecular weight is 445 g/mol. The van der Waals surface area contributed by atoms with Gasteiger partial charge >= 0.3 is 0 Å². The quantitative estimate of drug-likeness (QED) is 0.348. The van der Waals surface area contributed by atoms with Crippen LogP contribution >= 0.6 is 11.3 Å². The number of carbonyl (C=O) groups excluding carboxylic acids is 2. The number of halogens is 1. The van der Waals surface area contributed by atoms with Crippen molar-refractivity contribution in [1.29, 1.82) is 0 Å². The van der Waals surface area contributed by atoms with Gasteiger partial charge in [0.25, 0.3) is 11.8 Å². The number of benzene rings is 2. The Morgan fingerprint density at radius 3 is 2.56 bits per heavy atom. The summed E-state index contributed by atoms with van der Waals surface area (Å²) in [4.78, 5) is 30.1. The second-order valence-electron chi connectivity index (χ2n) is 7.11. The highest BCUT2D eigenvalue weighted by Gasteiger charge is 2.14. The van der Waals surface area contributed by atoms with Gasteiger partial charge in [0.15, 0.2) is 5.65 Å². The molecule has 3 aromatic heterocycles. The number of pyridine rings is 1. The molecule has 32 heavy (non-hydrogen) atoms. The van der Waals surface area contributed by atoms with E-state index >= 15 is 0 Å². The molecule has 0 radical (unpaired) electrons. The lowest BCUT2D eigenvalue weighted by Crippen LogP contribution is -2.13. The van der Waals surface area contributed by atoms with E-state index in [2.05, 4.69) is 25.8 Å². The van der Waals surface area contributed by atoms with Crippen LogP contribution in [0, 0.1) is 0 Å². The van der Waals surface area contributed by atoms with Gasteiger partial charge < -0.3 is 10.6 Å². The van der Waals surface area contributed by atoms with Crippen LogP contribution in [0.5, 0.6) is 0 Å². The molecule has 0 aliphatic heterocycles. The number of carbonyl (C=O) groups is 2. The molecular weight excluding hydrogens is 429 g/mol. The maximum absolute atomic E-state index is 12.9. The van der Waals surface area contributed by atoms with E-state index in [1.54, 1.807) is 60.9 Å². The van der Waals surface area contributed by atoms with Crippen molar-refractivity contribution in [2.45, 2.75) is 6.67 Å². The van der Waals surface area contributed by atoms with Crippen LogP contribution in [0.15, 0.2) is 67.0 Å². The van der Waals surface area contributed by atoms with Gasteiger partial charge in [0.05, 0.1) is 16.5 Å². The fourth-order valence-corrected chi connectivity index (χ4v) is 4.41. The monoisotopic (exact) mass is 445 g/mol. The fraction of sp³-hybridized carbons (Fsp3) is 0.0435. The molecule has 0 aliphatic carbocycles. The van der Waals surface area contributed by atoms with Gasteiger partial charge in [-0.2, -0.15) is 5.10 Å². The summed E-state index contributed by atoms with van der Waals surface area (Å²) in [5, 5.41) is 14.2. The van der Waals surface area contributed by atoms with Crippen molar-refractivity contribution in [3.8, 4) is 0 Å². The number of amides is 2. The molecular formula is C23H16FN5O2S. The first kappa shape index (κ1) is 19.8. The van der Waals surface area contributed by atoms with Crippen LogP contribution in [0.4, 0.5) is 15.8 Å². The van der Waals surface area contributed by atoms with Gasteiger partial charge in [-0.3, -0.25) is 14.7 Å². The average Bonchev–Trinajstić information content (AvgIpc) is 3.46. The molecule has 0 atom stereocenters. The van der Waals surface area contributed by atoms with Crippen molar-refractivity contribution >= 4 is 55.6 Å². The summed E-state index contributed by atoms with van der Waals surface area (Å²) in [5.74, 6) is -0.619. The van der Waals surface area contributed by atoms with E-state index in [-0.39, 0.29) is 11.8 Å². The van der Waals surface area contributed by atoms with Crippen LogP contribution < -0.4 is 10.6 Å². The van der Waals surface area contributed by atoms with Gasteiger partial charge in [-0.15, -0.1) is 11.3 Å². The number of hydrogen-bond acceptors (Lipinski definition) is 5. The second kappa shape index (κ2) is 8.20. The third-order valence-corrected chi connectivity index (χ3v) is 6.09. The second-order valence-corrected chi connectivity index (χ2v) is 8.16. The number of thiophene rings is 1. The molecule has 9 heteroatoms. The number of aromatic amines is 1. The summed E-state index contributed by atoms with van der Waals surface area (Å²) in [6.07, 6.45) is 3.40. The molecule has 2 amide bonds. The first-order valence-corrected chi connectivity index (χ1v) is 10.5. The Hall–Kier alpha value is -4.11. The van der Waals surface area contributed by atoms with E-state index in [4.69, 9.17) is 0 Å². The molecule has 3 heterocycles. The number of nitrogens with one attached hydrogen (secondary N) is 3. The number of hydrogen-bond donors (Lipinski definition) is 3. The molecule has 0 saturated heterocycles. The lowest BCUT2D eigenvalue weighted by atomic mass is 10.1. The van der Waals surface area contributed by atoms with E-state index in [0.717, 1.165) is 15.5 Å². The van der Waals surface area contributed by atoms with Crippen LogP contribution in [0.3, 0.4) is 0 Å². The van der Waals surface area contributed by atoms with E-state index in [0.29, 0.717) is 33.0 Å². The summed E-state index contributed by atoms with van der Waals surface area (Å²) in [6.45, 7) is -0.636. The van der Waals surface area contributed by atoms with Gasteiger partial charge in [-0.05, 0) is 42.0 Å². The van der Waals surface area contributed by atoms with Crippen LogP contribution in [-0.2, 0) is 6.67 Å². The zero-order valence-electron chi connectivity index (χ0n) is 16.6. The standard InChI is InChI=1S/C23H16FN5O2S/c24-10-13-3-1-4-14(7-13)22(30)27-16-5-2-6-17(9-16)28-23(31)19-8-15-11-25-21-18(12-26-29-21)20(15)32-19/h1-9,11-12H,10H2,(H,27,30)(H,28,31)(H,25,26,29). The number of anilines is 2. The SMILES string of the molecule is O=C(Nc1cccc(NC(=O)c2cc3cnc4[nH]ncc4c3s2)c1)c1cccc(CF)c1. The maximum atomic E-state index is 12.9. The molecule has 158 valence electrons. The Morgan fingerprint density at radius 2 is 1.75 bits per heavy atom. The Kier molecular flexibility index (Phi) is 5.08. The zero-order valence-corrected chi connectivity index (χ0v) is 17.4. The smallest absolute Gasteiger partial charge is 0.265 e. The maximum Gasteiger partial charge on any atom is 0.265 e. The van der Waals surface area contributed by atoms with Crippen molar-refractivity contribution in [3.63, 3.8) is 0 Å². The van der Waals surface area contributed by atoms with Gasteiger partial charge in [0.1, 0.15) is 6.67 Å². The third kappa shape index (κ3) is 3.81. The lowest BCUT2D eigenvalue weighted by molar-refractivity contribution is 0.102. The molecule has 0 unspecified atom stereocenters. The summed E-state index contributed by atoms with van der Waals surface area (Å²) in [6, 6.07) is 15.0. The van der Waals surface area contributed by atoms with Crippen molar-refractivity contribution in [1.82, 2.24) is 15.2 Å². The van der Waals surface area contributed by atoms with Crippen LogP contribution in [0.25, 0.3) is 21.1 Å². The fourth-order valence-electron chi connectivity index (χ4n) is 3.37. The largest absolute Gasteiger partial charge is 0.322 e. The van der Waals surface area contributed by atoms with Crippen molar-refractivity contribution in [3.05, 3.63) is 83.0 Å². The van der Waals surface area contributed by atoms with Gasteiger partial charge in [-0.25, -0.2) is 9.37 Å². The molecule has 3 N–H and O–H groups in total. The predicted molar refractivity (Wildman–Crippen MR) is 123 cm³/mol.